The quantitative estimate of drug-likeness (QED) is 0.575. The fraction of sp³-hybridized carbons (Fsp3) is 0. The van der Waals surface area contributed by atoms with E-state index in [0.717, 1.165) is 23.0 Å². The van der Waals surface area contributed by atoms with Crippen LogP contribution in [0.1, 0.15) is 0 Å². The molecule has 0 atom stereocenters. The molecule has 4 aromatic rings. The van der Waals surface area contributed by atoms with Gasteiger partial charge in [0.1, 0.15) is 0 Å². The van der Waals surface area contributed by atoms with Crippen LogP contribution >= 0.6 is 0 Å². The van der Waals surface area contributed by atoms with Gasteiger partial charge in [0.2, 0.25) is 0 Å². The molecule has 0 aliphatic heterocycles. The average molecular weight is 286 g/mol. The second-order valence-electron chi connectivity index (χ2n) is 4.91. The molecule has 4 rings (SSSR count). The molecule has 0 spiro atoms. The molecule has 106 valence electrons. The van der Waals surface area contributed by atoms with Crippen molar-refractivity contribution < 1.29 is 0 Å². The third-order valence-corrected chi connectivity index (χ3v) is 3.55. The SMILES string of the molecule is c1ccc(-n2ccnc2-c2nccn2-c2ccccc2)cc1. The smallest absolute Gasteiger partial charge is 0.181 e. The first-order valence-corrected chi connectivity index (χ1v) is 7.11. The molecule has 0 amide bonds. The normalized spacial score (nSPS) is 10.7. The summed E-state index contributed by atoms with van der Waals surface area (Å²) in [5.74, 6) is 1.64. The highest BCUT2D eigenvalue weighted by atomic mass is 15.2. The zero-order valence-corrected chi connectivity index (χ0v) is 11.9. The van der Waals surface area contributed by atoms with Gasteiger partial charge in [0, 0.05) is 36.2 Å². The van der Waals surface area contributed by atoms with Gasteiger partial charge in [0.05, 0.1) is 0 Å². The van der Waals surface area contributed by atoms with Crippen molar-refractivity contribution in [3.05, 3.63) is 85.5 Å². The number of aromatic nitrogens is 4. The molecule has 0 aliphatic carbocycles. The van der Waals surface area contributed by atoms with Crippen LogP contribution in [0.3, 0.4) is 0 Å². The van der Waals surface area contributed by atoms with E-state index >= 15 is 0 Å². The molecular weight excluding hydrogens is 272 g/mol. The van der Waals surface area contributed by atoms with Crippen LogP contribution in [0.2, 0.25) is 0 Å². The predicted molar refractivity (Wildman–Crippen MR) is 86.1 cm³/mol. The maximum absolute atomic E-state index is 4.50. The molecule has 2 aromatic heterocycles. The molecule has 4 nitrogen and oxygen atoms in total. The van der Waals surface area contributed by atoms with Crippen LogP contribution in [0.25, 0.3) is 23.0 Å². The summed E-state index contributed by atoms with van der Waals surface area (Å²) in [5, 5.41) is 0. The average Bonchev–Trinajstić information content (AvgIpc) is 3.25. The maximum Gasteiger partial charge on any atom is 0.181 e. The highest BCUT2D eigenvalue weighted by Gasteiger charge is 2.14. The number of benzene rings is 2. The number of hydrogen-bond acceptors (Lipinski definition) is 2. The summed E-state index contributed by atoms with van der Waals surface area (Å²) in [7, 11) is 0. The van der Waals surface area contributed by atoms with Gasteiger partial charge in [-0.15, -0.1) is 0 Å². The Bertz CT molecular complexity index is 800. The second-order valence-corrected chi connectivity index (χ2v) is 4.91. The van der Waals surface area contributed by atoms with E-state index in [1.165, 1.54) is 0 Å². The Labute approximate surface area is 128 Å². The Kier molecular flexibility index (Phi) is 3.05. The van der Waals surface area contributed by atoms with Crippen LogP contribution < -0.4 is 0 Å². The zero-order chi connectivity index (χ0) is 14.8. The third kappa shape index (κ3) is 2.11. The van der Waals surface area contributed by atoms with Gasteiger partial charge in [-0.2, -0.15) is 0 Å². The van der Waals surface area contributed by atoms with Crippen LogP contribution in [0.5, 0.6) is 0 Å². The first-order valence-electron chi connectivity index (χ1n) is 7.11. The van der Waals surface area contributed by atoms with Crippen LogP contribution in [0.15, 0.2) is 85.5 Å². The van der Waals surface area contributed by atoms with Crippen molar-refractivity contribution in [1.82, 2.24) is 19.1 Å². The van der Waals surface area contributed by atoms with Crippen molar-refractivity contribution in [3.8, 4) is 23.0 Å². The molecule has 0 bridgehead atoms. The summed E-state index contributed by atoms with van der Waals surface area (Å²) in [6.07, 6.45) is 7.50. The molecule has 0 saturated carbocycles. The van der Waals surface area contributed by atoms with Crippen molar-refractivity contribution in [2.75, 3.05) is 0 Å². The molecular formula is C18H14N4. The molecule has 0 unspecified atom stereocenters. The first kappa shape index (κ1) is 12.6. The van der Waals surface area contributed by atoms with Crippen LogP contribution in [-0.4, -0.2) is 19.1 Å². The van der Waals surface area contributed by atoms with Crippen LogP contribution in [0, 0.1) is 0 Å². The predicted octanol–water partition coefficient (Wildman–Crippen LogP) is 3.73. The Morgan fingerprint density at radius 1 is 0.545 bits per heavy atom. The van der Waals surface area contributed by atoms with Gasteiger partial charge in [-0.05, 0) is 24.3 Å². The minimum absolute atomic E-state index is 0.819. The van der Waals surface area contributed by atoms with E-state index in [1.54, 1.807) is 12.4 Å². The largest absolute Gasteiger partial charge is 0.297 e. The molecule has 0 fully saturated rings. The molecule has 0 radical (unpaired) electrons. The Morgan fingerprint density at radius 3 is 1.36 bits per heavy atom. The molecule has 0 saturated heterocycles. The summed E-state index contributed by atoms with van der Waals surface area (Å²) < 4.78 is 4.09. The van der Waals surface area contributed by atoms with Crippen molar-refractivity contribution in [1.29, 1.82) is 0 Å². The van der Waals surface area contributed by atoms with E-state index in [0.29, 0.717) is 0 Å². The lowest BCUT2D eigenvalue weighted by Gasteiger charge is -2.10. The summed E-state index contributed by atoms with van der Waals surface area (Å²) >= 11 is 0. The fourth-order valence-corrected chi connectivity index (χ4v) is 2.53. The first-order chi connectivity index (χ1) is 10.9. The van der Waals surface area contributed by atoms with Crippen molar-refractivity contribution in [2.45, 2.75) is 0 Å². The monoisotopic (exact) mass is 286 g/mol. The Hall–Kier alpha value is -3.14. The number of nitrogens with zero attached hydrogens (tertiary/aromatic N) is 4. The van der Waals surface area contributed by atoms with Crippen molar-refractivity contribution >= 4 is 0 Å². The van der Waals surface area contributed by atoms with E-state index in [4.69, 9.17) is 0 Å². The van der Waals surface area contributed by atoms with Gasteiger partial charge < -0.3 is 0 Å². The van der Waals surface area contributed by atoms with Crippen molar-refractivity contribution in [2.24, 2.45) is 0 Å². The number of rotatable bonds is 3. The molecule has 0 N–H and O–H groups in total. The maximum atomic E-state index is 4.50. The van der Waals surface area contributed by atoms with Crippen LogP contribution in [0.4, 0.5) is 0 Å². The third-order valence-electron chi connectivity index (χ3n) is 3.55. The molecule has 2 heterocycles. The molecule has 2 aromatic carbocycles. The lowest BCUT2D eigenvalue weighted by molar-refractivity contribution is 0.988. The van der Waals surface area contributed by atoms with E-state index < -0.39 is 0 Å². The van der Waals surface area contributed by atoms with Gasteiger partial charge in [-0.1, -0.05) is 36.4 Å². The van der Waals surface area contributed by atoms with Gasteiger partial charge in [0.25, 0.3) is 0 Å². The lowest BCUT2D eigenvalue weighted by Crippen LogP contribution is -2.02. The summed E-state index contributed by atoms with van der Waals surface area (Å²) in [6.45, 7) is 0. The molecule has 0 aliphatic rings. The van der Waals surface area contributed by atoms with Gasteiger partial charge >= 0.3 is 0 Å². The van der Waals surface area contributed by atoms with Crippen LogP contribution in [-0.2, 0) is 0 Å². The number of para-hydroxylation sites is 2. The van der Waals surface area contributed by atoms with Gasteiger partial charge in [0.15, 0.2) is 11.6 Å². The summed E-state index contributed by atoms with van der Waals surface area (Å²) in [4.78, 5) is 9.00. The highest BCUT2D eigenvalue weighted by molar-refractivity contribution is 5.54. The lowest BCUT2D eigenvalue weighted by atomic mass is 10.3. The molecule has 4 heteroatoms. The summed E-state index contributed by atoms with van der Waals surface area (Å²) in [6, 6.07) is 20.3. The Balaban J connectivity index is 1.86. The molecule has 22 heavy (non-hydrogen) atoms. The van der Waals surface area contributed by atoms with E-state index in [2.05, 4.69) is 34.2 Å². The minimum Gasteiger partial charge on any atom is -0.297 e. The topological polar surface area (TPSA) is 35.6 Å². The summed E-state index contributed by atoms with van der Waals surface area (Å²) in [5.41, 5.74) is 2.13. The minimum atomic E-state index is 0.819. The standard InChI is InChI=1S/C18H14N4/c1-3-7-15(8-4-1)21-13-11-19-17(21)18-20-12-14-22(18)16-9-5-2-6-10-16/h1-14H. The van der Waals surface area contributed by atoms with Gasteiger partial charge in [-0.3, -0.25) is 9.13 Å². The van der Waals surface area contributed by atoms with E-state index in [9.17, 15) is 0 Å². The second kappa shape index (κ2) is 5.33. The fourth-order valence-electron chi connectivity index (χ4n) is 2.53. The Morgan fingerprint density at radius 2 is 0.955 bits per heavy atom. The number of hydrogen-bond donors (Lipinski definition) is 0. The highest BCUT2D eigenvalue weighted by Crippen LogP contribution is 2.22. The van der Waals surface area contributed by atoms with E-state index in [1.807, 2.05) is 57.9 Å². The number of imidazole rings is 2. The zero-order valence-electron chi connectivity index (χ0n) is 11.9. The van der Waals surface area contributed by atoms with E-state index in [-0.39, 0.29) is 0 Å². The van der Waals surface area contributed by atoms with Crippen molar-refractivity contribution in [3.63, 3.8) is 0 Å². The van der Waals surface area contributed by atoms with Gasteiger partial charge in [-0.25, -0.2) is 9.97 Å².